The first-order valence-corrected chi connectivity index (χ1v) is 5.92. The highest BCUT2D eigenvalue weighted by atomic mass is 79.9. The second kappa shape index (κ2) is 4.87. The van der Waals surface area contributed by atoms with Gasteiger partial charge in [-0.2, -0.15) is 0 Å². The van der Waals surface area contributed by atoms with Crippen molar-refractivity contribution in [2.75, 3.05) is 6.61 Å². The normalized spacial score (nSPS) is 10.8. The van der Waals surface area contributed by atoms with E-state index in [2.05, 4.69) is 15.9 Å². The summed E-state index contributed by atoms with van der Waals surface area (Å²) < 4.78 is 23.8. The van der Waals surface area contributed by atoms with Crippen LogP contribution >= 0.6 is 15.9 Å². The number of ether oxygens (including phenoxy) is 1. The summed E-state index contributed by atoms with van der Waals surface area (Å²) in [4.78, 5) is 11.3. The number of esters is 1. The Hall–Kier alpha value is -1.36. The van der Waals surface area contributed by atoms with Gasteiger partial charge in [-0.15, -0.1) is 0 Å². The Bertz CT molecular complexity index is 562. The van der Waals surface area contributed by atoms with Crippen molar-refractivity contribution in [3.8, 4) is 0 Å². The first-order chi connectivity index (χ1) is 8.11. The molecule has 0 N–H and O–H groups in total. The molecule has 1 aromatic heterocycles. The van der Waals surface area contributed by atoms with Crippen molar-refractivity contribution in [1.29, 1.82) is 0 Å². The molecule has 5 heteroatoms. The fourth-order valence-corrected chi connectivity index (χ4v) is 1.90. The van der Waals surface area contributed by atoms with E-state index in [1.807, 2.05) is 0 Å². The van der Waals surface area contributed by atoms with Gasteiger partial charge in [0.05, 0.1) is 23.8 Å². The average molecular weight is 301 g/mol. The zero-order valence-electron chi connectivity index (χ0n) is 9.13. The number of carbonyl (C=O) groups excluding carboxylic acids is 1. The van der Waals surface area contributed by atoms with Gasteiger partial charge in [0.15, 0.2) is 0 Å². The van der Waals surface area contributed by atoms with Gasteiger partial charge in [0.1, 0.15) is 11.4 Å². The lowest BCUT2D eigenvalue weighted by molar-refractivity contribution is -0.142. The minimum atomic E-state index is -0.385. The minimum absolute atomic E-state index is 0.0852. The van der Waals surface area contributed by atoms with Crippen molar-refractivity contribution < 1.29 is 18.3 Å². The van der Waals surface area contributed by atoms with Gasteiger partial charge in [-0.05, 0) is 35.0 Å². The number of rotatable bonds is 3. The van der Waals surface area contributed by atoms with Crippen molar-refractivity contribution in [3.05, 3.63) is 34.2 Å². The van der Waals surface area contributed by atoms with E-state index in [0.29, 0.717) is 27.6 Å². The van der Waals surface area contributed by atoms with Crippen LogP contribution in [0.15, 0.2) is 27.3 Å². The maximum absolute atomic E-state index is 13.4. The number of furan rings is 1. The Kier molecular flexibility index (Phi) is 3.47. The molecule has 0 saturated heterocycles. The molecule has 0 fully saturated rings. The fourth-order valence-electron chi connectivity index (χ4n) is 1.58. The summed E-state index contributed by atoms with van der Waals surface area (Å²) in [5, 5.41) is 0.596. The topological polar surface area (TPSA) is 39.4 Å². The summed E-state index contributed by atoms with van der Waals surface area (Å²) in [5.74, 6) is -0.734. The zero-order chi connectivity index (χ0) is 12.4. The van der Waals surface area contributed by atoms with E-state index in [1.54, 1.807) is 13.0 Å². The predicted octanol–water partition coefficient (Wildman–Crippen LogP) is 3.44. The Balaban J connectivity index is 2.36. The molecule has 0 bridgehead atoms. The molecule has 1 heterocycles. The molecule has 0 unspecified atom stereocenters. The van der Waals surface area contributed by atoms with Crippen LogP contribution in [0.4, 0.5) is 4.39 Å². The lowest BCUT2D eigenvalue weighted by Gasteiger charge is -2.00. The Morgan fingerprint density at radius 3 is 3.00 bits per heavy atom. The third-order valence-electron chi connectivity index (χ3n) is 2.34. The Morgan fingerprint density at radius 2 is 2.29 bits per heavy atom. The molecule has 90 valence electrons. The minimum Gasteiger partial charge on any atom is -0.466 e. The molecular formula is C12H10BrFO3. The van der Waals surface area contributed by atoms with Crippen molar-refractivity contribution in [2.45, 2.75) is 13.3 Å². The van der Waals surface area contributed by atoms with Gasteiger partial charge in [0, 0.05) is 10.9 Å². The molecule has 2 rings (SSSR count). The standard InChI is InChI=1S/C12H10BrFO3/c1-2-16-12(15)3-7-6-17-11-5-9(13)10(14)4-8(7)11/h4-6H,2-3H2,1H3. The summed E-state index contributed by atoms with van der Waals surface area (Å²) in [5.41, 5.74) is 1.17. The van der Waals surface area contributed by atoms with E-state index in [-0.39, 0.29) is 18.2 Å². The van der Waals surface area contributed by atoms with Gasteiger partial charge in [-0.1, -0.05) is 0 Å². The smallest absolute Gasteiger partial charge is 0.310 e. The number of benzene rings is 1. The SMILES string of the molecule is CCOC(=O)Cc1coc2cc(Br)c(F)cc12. The monoisotopic (exact) mass is 300 g/mol. The summed E-state index contributed by atoms with van der Waals surface area (Å²) in [6, 6.07) is 2.89. The lowest BCUT2D eigenvalue weighted by atomic mass is 10.1. The molecule has 0 aliphatic heterocycles. The first-order valence-electron chi connectivity index (χ1n) is 5.12. The second-order valence-electron chi connectivity index (χ2n) is 3.51. The number of carbonyl (C=O) groups is 1. The maximum Gasteiger partial charge on any atom is 0.310 e. The predicted molar refractivity (Wildman–Crippen MR) is 64.2 cm³/mol. The van der Waals surface area contributed by atoms with Crippen LogP contribution in [-0.4, -0.2) is 12.6 Å². The highest BCUT2D eigenvalue weighted by molar-refractivity contribution is 9.10. The van der Waals surface area contributed by atoms with Gasteiger partial charge in [0.25, 0.3) is 0 Å². The third-order valence-corrected chi connectivity index (χ3v) is 2.94. The second-order valence-corrected chi connectivity index (χ2v) is 4.36. The average Bonchev–Trinajstić information content (AvgIpc) is 2.63. The van der Waals surface area contributed by atoms with E-state index >= 15 is 0 Å². The van der Waals surface area contributed by atoms with Crippen molar-refractivity contribution in [2.24, 2.45) is 0 Å². The van der Waals surface area contributed by atoms with Crippen molar-refractivity contribution >= 4 is 32.9 Å². The summed E-state index contributed by atoms with van der Waals surface area (Å²) in [6.45, 7) is 2.07. The molecule has 3 nitrogen and oxygen atoms in total. The third kappa shape index (κ3) is 2.49. The van der Waals surface area contributed by atoms with Crippen LogP contribution in [0.1, 0.15) is 12.5 Å². The highest BCUT2D eigenvalue weighted by Crippen LogP contribution is 2.27. The highest BCUT2D eigenvalue weighted by Gasteiger charge is 2.13. The van der Waals surface area contributed by atoms with E-state index in [1.165, 1.54) is 12.3 Å². The molecule has 17 heavy (non-hydrogen) atoms. The Labute approximate surface area is 106 Å². The van der Waals surface area contributed by atoms with Crippen LogP contribution in [-0.2, 0) is 16.0 Å². The largest absolute Gasteiger partial charge is 0.466 e. The van der Waals surface area contributed by atoms with Crippen LogP contribution in [0.25, 0.3) is 11.0 Å². The quantitative estimate of drug-likeness (QED) is 0.815. The lowest BCUT2D eigenvalue weighted by Crippen LogP contribution is -2.06. The van der Waals surface area contributed by atoms with Crippen molar-refractivity contribution in [3.63, 3.8) is 0 Å². The van der Waals surface area contributed by atoms with Crippen LogP contribution in [0, 0.1) is 5.82 Å². The molecule has 0 aliphatic carbocycles. The molecule has 0 saturated carbocycles. The van der Waals surface area contributed by atoms with E-state index < -0.39 is 0 Å². The molecule has 0 aliphatic rings. The van der Waals surface area contributed by atoms with Gasteiger partial charge in [-0.25, -0.2) is 4.39 Å². The van der Waals surface area contributed by atoms with Gasteiger partial charge >= 0.3 is 5.97 Å². The van der Waals surface area contributed by atoms with Crippen LogP contribution in [0.5, 0.6) is 0 Å². The first kappa shape index (κ1) is 12.1. The molecule has 0 radical (unpaired) electrons. The van der Waals surface area contributed by atoms with Gasteiger partial charge < -0.3 is 9.15 Å². The molecule has 0 spiro atoms. The van der Waals surface area contributed by atoms with Gasteiger partial charge in [-0.3, -0.25) is 4.79 Å². The molecule has 0 atom stereocenters. The van der Waals surface area contributed by atoms with E-state index in [0.717, 1.165) is 0 Å². The zero-order valence-corrected chi connectivity index (χ0v) is 10.7. The Morgan fingerprint density at radius 1 is 1.53 bits per heavy atom. The summed E-state index contributed by atoms with van der Waals surface area (Å²) in [6.07, 6.45) is 1.54. The van der Waals surface area contributed by atoms with E-state index in [9.17, 15) is 9.18 Å². The molecule has 2 aromatic rings. The van der Waals surface area contributed by atoms with E-state index in [4.69, 9.17) is 9.15 Å². The van der Waals surface area contributed by atoms with Crippen molar-refractivity contribution in [1.82, 2.24) is 0 Å². The number of hydrogen-bond acceptors (Lipinski definition) is 3. The van der Waals surface area contributed by atoms with Crippen LogP contribution in [0.3, 0.4) is 0 Å². The summed E-state index contributed by atoms with van der Waals surface area (Å²) in [7, 11) is 0. The number of hydrogen-bond donors (Lipinski definition) is 0. The van der Waals surface area contributed by atoms with Gasteiger partial charge in [0.2, 0.25) is 0 Å². The van der Waals surface area contributed by atoms with Crippen LogP contribution in [0.2, 0.25) is 0 Å². The maximum atomic E-state index is 13.4. The fraction of sp³-hybridized carbons (Fsp3) is 0.250. The number of fused-ring (bicyclic) bond motifs is 1. The number of halogens is 2. The summed E-state index contributed by atoms with van der Waals surface area (Å²) >= 11 is 3.07. The molecule has 0 amide bonds. The molecule has 1 aromatic carbocycles. The molecular weight excluding hydrogens is 291 g/mol. The van der Waals surface area contributed by atoms with Crippen LogP contribution < -0.4 is 0 Å².